The van der Waals surface area contributed by atoms with Crippen LogP contribution in [-0.4, -0.2) is 35.3 Å². The quantitative estimate of drug-likeness (QED) is 0.828. The summed E-state index contributed by atoms with van der Waals surface area (Å²) in [6.07, 6.45) is 1.22. The van der Waals surface area contributed by atoms with E-state index >= 15 is 0 Å². The van der Waals surface area contributed by atoms with E-state index in [9.17, 15) is 22.8 Å². The molecule has 2 aliphatic heterocycles. The fraction of sp³-hybridized carbons (Fsp3) is 0.619. The maximum atomic E-state index is 13.2. The molecule has 2 saturated heterocycles. The first-order valence-corrected chi connectivity index (χ1v) is 10.1. The van der Waals surface area contributed by atoms with Gasteiger partial charge in [-0.15, -0.1) is 0 Å². The highest BCUT2D eigenvalue weighted by molar-refractivity contribution is 5.81. The van der Waals surface area contributed by atoms with Crippen molar-refractivity contribution in [2.45, 2.75) is 69.1 Å². The third-order valence-electron chi connectivity index (χ3n) is 6.50. The van der Waals surface area contributed by atoms with E-state index in [4.69, 9.17) is 0 Å². The second kappa shape index (κ2) is 7.41. The molecule has 2 amide bonds. The van der Waals surface area contributed by atoms with Crippen LogP contribution in [0.2, 0.25) is 0 Å². The van der Waals surface area contributed by atoms with Crippen molar-refractivity contribution in [2.75, 3.05) is 6.54 Å². The van der Waals surface area contributed by atoms with Gasteiger partial charge in [-0.3, -0.25) is 9.59 Å². The van der Waals surface area contributed by atoms with E-state index < -0.39 is 11.7 Å². The Balaban J connectivity index is 1.67. The molecule has 28 heavy (non-hydrogen) atoms. The summed E-state index contributed by atoms with van der Waals surface area (Å²) in [5.41, 5.74) is -0.155. The van der Waals surface area contributed by atoms with Gasteiger partial charge in [-0.25, -0.2) is 0 Å². The minimum Gasteiger partial charge on any atom is -0.351 e. The normalized spacial score (nSPS) is 28.8. The molecule has 0 unspecified atom stereocenters. The van der Waals surface area contributed by atoms with Gasteiger partial charge >= 0.3 is 6.18 Å². The van der Waals surface area contributed by atoms with Gasteiger partial charge in [0.25, 0.3) is 0 Å². The molecule has 1 aromatic rings. The highest BCUT2D eigenvalue weighted by atomic mass is 19.4. The van der Waals surface area contributed by atoms with E-state index in [1.807, 2.05) is 4.90 Å². The maximum absolute atomic E-state index is 13.2. The Morgan fingerprint density at radius 2 is 1.89 bits per heavy atom. The lowest BCUT2D eigenvalue weighted by molar-refractivity contribution is -0.140. The number of alkyl halides is 3. The predicted molar refractivity (Wildman–Crippen MR) is 97.4 cm³/mol. The number of benzene rings is 1. The van der Waals surface area contributed by atoms with Crippen LogP contribution in [0.1, 0.15) is 62.0 Å². The van der Waals surface area contributed by atoms with E-state index in [0.29, 0.717) is 18.5 Å². The number of nitrogens with zero attached hydrogens (tertiary/aromatic N) is 1. The minimum absolute atomic E-state index is 0.0297. The second-order valence-electron chi connectivity index (χ2n) is 8.25. The molecule has 1 aromatic carbocycles. The molecule has 4 nitrogen and oxygen atoms in total. The largest absolute Gasteiger partial charge is 0.416 e. The fourth-order valence-electron chi connectivity index (χ4n) is 4.75. The van der Waals surface area contributed by atoms with Crippen LogP contribution < -0.4 is 5.32 Å². The summed E-state index contributed by atoms with van der Waals surface area (Å²) in [4.78, 5) is 27.1. The Morgan fingerprint density at radius 1 is 1.11 bits per heavy atom. The lowest BCUT2D eigenvalue weighted by Gasteiger charge is -2.35. The molecule has 1 N–H and O–H groups in total. The van der Waals surface area contributed by atoms with Crippen LogP contribution in [0.5, 0.6) is 0 Å². The molecule has 0 spiro atoms. The third kappa shape index (κ3) is 3.63. The summed E-state index contributed by atoms with van der Waals surface area (Å²) in [6.45, 7) is 0.367. The van der Waals surface area contributed by atoms with Gasteiger partial charge < -0.3 is 10.2 Å². The molecule has 1 aliphatic carbocycles. The molecule has 3 atom stereocenters. The van der Waals surface area contributed by atoms with Gasteiger partial charge in [0.1, 0.15) is 0 Å². The number of likely N-dealkylation sites (tertiary alicyclic amines) is 1. The number of hydrogen-bond donors (Lipinski definition) is 1. The number of fused-ring (bicyclic) bond motifs is 1. The number of carbonyl (C=O) groups excluding carboxylic acids is 2. The van der Waals surface area contributed by atoms with Crippen LogP contribution in [0.15, 0.2) is 24.3 Å². The van der Waals surface area contributed by atoms with E-state index in [2.05, 4.69) is 5.32 Å². The minimum atomic E-state index is -4.42. The van der Waals surface area contributed by atoms with Crippen molar-refractivity contribution in [3.63, 3.8) is 0 Å². The molecule has 152 valence electrons. The zero-order chi connectivity index (χ0) is 19.9. The summed E-state index contributed by atoms with van der Waals surface area (Å²) in [5, 5.41) is 3.03. The average Bonchev–Trinajstić information content (AvgIpc) is 2.92. The summed E-state index contributed by atoms with van der Waals surface area (Å²) in [6, 6.07) is 4.85. The number of halogens is 3. The van der Waals surface area contributed by atoms with Gasteiger partial charge in [-0.2, -0.15) is 13.2 Å². The lowest BCUT2D eigenvalue weighted by Crippen LogP contribution is -2.50. The molecule has 3 aliphatic rings. The molecule has 1 saturated carbocycles. The Morgan fingerprint density at radius 3 is 2.57 bits per heavy atom. The van der Waals surface area contributed by atoms with Crippen LogP contribution in [0.4, 0.5) is 13.2 Å². The van der Waals surface area contributed by atoms with Crippen LogP contribution in [0.3, 0.4) is 0 Å². The Labute approximate surface area is 162 Å². The van der Waals surface area contributed by atoms with Gasteiger partial charge in [0.15, 0.2) is 0 Å². The van der Waals surface area contributed by atoms with Crippen LogP contribution in [0, 0.1) is 5.92 Å². The second-order valence-corrected chi connectivity index (χ2v) is 8.25. The first-order chi connectivity index (χ1) is 13.3. The van der Waals surface area contributed by atoms with Crippen molar-refractivity contribution in [3.8, 4) is 0 Å². The zero-order valence-corrected chi connectivity index (χ0v) is 15.7. The van der Waals surface area contributed by atoms with E-state index in [-0.39, 0.29) is 35.7 Å². The Hall–Kier alpha value is -2.05. The molecular weight excluding hydrogens is 369 g/mol. The highest BCUT2D eigenvalue weighted by Crippen LogP contribution is 2.40. The predicted octanol–water partition coefficient (Wildman–Crippen LogP) is 3.86. The summed E-state index contributed by atoms with van der Waals surface area (Å²) >= 11 is 0. The molecular formula is C21H25F3N2O2. The van der Waals surface area contributed by atoms with Crippen molar-refractivity contribution < 1.29 is 22.8 Å². The monoisotopic (exact) mass is 394 g/mol. The van der Waals surface area contributed by atoms with Gasteiger partial charge in [0.2, 0.25) is 11.8 Å². The average molecular weight is 394 g/mol. The lowest BCUT2D eigenvalue weighted by atomic mass is 9.84. The zero-order valence-electron chi connectivity index (χ0n) is 15.7. The first kappa shape index (κ1) is 19.3. The molecule has 0 aromatic heterocycles. The van der Waals surface area contributed by atoms with Crippen LogP contribution in [-0.2, 0) is 15.8 Å². The number of nitrogens with one attached hydrogen (secondary N) is 1. The van der Waals surface area contributed by atoms with Crippen LogP contribution in [0.25, 0.3) is 0 Å². The summed E-state index contributed by atoms with van der Waals surface area (Å²) in [7, 11) is 0. The molecule has 7 heteroatoms. The highest BCUT2D eigenvalue weighted by Gasteiger charge is 2.47. The van der Waals surface area contributed by atoms with Crippen molar-refractivity contribution in [1.29, 1.82) is 0 Å². The van der Waals surface area contributed by atoms with Crippen molar-refractivity contribution >= 4 is 11.8 Å². The molecule has 4 rings (SSSR count). The molecule has 3 fully saturated rings. The van der Waals surface area contributed by atoms with Crippen LogP contribution >= 0.6 is 0 Å². The molecule has 0 radical (unpaired) electrons. The first-order valence-electron chi connectivity index (χ1n) is 10.1. The Bertz CT molecular complexity index is 760. The molecule has 2 heterocycles. The van der Waals surface area contributed by atoms with Gasteiger partial charge in [-0.05, 0) is 37.3 Å². The van der Waals surface area contributed by atoms with Gasteiger partial charge in [0.05, 0.1) is 17.6 Å². The van der Waals surface area contributed by atoms with E-state index in [0.717, 1.165) is 44.6 Å². The topological polar surface area (TPSA) is 49.4 Å². The van der Waals surface area contributed by atoms with Crippen molar-refractivity contribution in [3.05, 3.63) is 35.4 Å². The van der Waals surface area contributed by atoms with E-state index in [1.165, 1.54) is 12.1 Å². The van der Waals surface area contributed by atoms with E-state index in [1.54, 1.807) is 6.07 Å². The maximum Gasteiger partial charge on any atom is 0.416 e. The molecule has 0 bridgehead atoms. The number of amides is 2. The van der Waals surface area contributed by atoms with Crippen molar-refractivity contribution in [2.24, 2.45) is 5.92 Å². The van der Waals surface area contributed by atoms with Gasteiger partial charge in [0, 0.05) is 24.8 Å². The number of hydrogen-bond acceptors (Lipinski definition) is 2. The standard InChI is InChI=1S/C21H25F3N2O2/c22-21(23,24)15-8-4-7-14(11-15)16-12-26(20(28)13-5-3-6-13)17-9-1-2-10-18(27)25-19(16)17/h4,7-8,11,13,16-17,19H,1-3,5-6,9-10,12H2,(H,25,27)/t16-,17+,19-/m0/s1. The fourth-order valence-corrected chi connectivity index (χ4v) is 4.75. The van der Waals surface area contributed by atoms with Gasteiger partial charge in [-0.1, -0.05) is 31.0 Å². The SMILES string of the molecule is O=C1CCCC[C@@H]2[C@@H](N1)[C@H](c1cccc(C(F)(F)F)c1)CN2C(=O)C1CCC1. The number of rotatable bonds is 2. The Kier molecular flexibility index (Phi) is 5.10. The summed E-state index contributed by atoms with van der Waals surface area (Å²) < 4.78 is 39.6. The smallest absolute Gasteiger partial charge is 0.351 e. The third-order valence-corrected chi connectivity index (χ3v) is 6.50. The summed E-state index contributed by atoms with van der Waals surface area (Å²) in [5.74, 6) is -0.268. The number of carbonyl (C=O) groups is 2. The van der Waals surface area contributed by atoms with Crippen molar-refractivity contribution in [1.82, 2.24) is 10.2 Å².